The number of nitrogens with zero attached hydrogens (tertiary/aromatic N) is 1. The Kier molecular flexibility index (Phi) is 50.4. The highest BCUT2D eigenvalue weighted by Crippen LogP contribution is 2.38. The van der Waals surface area contributed by atoms with Gasteiger partial charge in [-0.3, -0.25) is 14.2 Å². The van der Waals surface area contributed by atoms with E-state index in [1.54, 1.807) is 0 Å². The van der Waals surface area contributed by atoms with E-state index >= 15 is 0 Å². The molecule has 9 nitrogen and oxygen atoms in total. The number of likely N-dealkylation sites (N-methyl/N-ethyl adjacent to an activating group) is 1. The number of unbranched alkanes of at least 4 members (excludes halogenated alkanes) is 35. The number of phosphoric ester groups is 1. The molecule has 0 rings (SSSR count). The molecule has 0 saturated heterocycles. The SMILES string of the molecule is CCCCCC/C=C\CCCCCCCCCC(=O)NC(COP(=O)([O-])OCC[N+](C)(C)C)C(/C=C/CCCCCCCCCCCCC)OC(=O)CCCCCCCCC/C=C/CCCCCCCC. The molecule has 3 atom stereocenters. The van der Waals surface area contributed by atoms with Crippen LogP contribution in [0.3, 0.4) is 0 Å². The lowest BCUT2D eigenvalue weighted by Gasteiger charge is -2.30. The van der Waals surface area contributed by atoms with Crippen LogP contribution < -0.4 is 10.2 Å². The third-order valence-corrected chi connectivity index (χ3v) is 14.5. The van der Waals surface area contributed by atoms with Crippen molar-refractivity contribution in [3.8, 4) is 0 Å². The topological polar surface area (TPSA) is 114 Å². The summed E-state index contributed by atoms with van der Waals surface area (Å²) in [6, 6.07) is -0.889. The van der Waals surface area contributed by atoms with Gasteiger partial charge in [0.25, 0.3) is 7.82 Å². The fourth-order valence-electron chi connectivity index (χ4n) is 8.81. The molecule has 418 valence electrons. The monoisotopic (exact) mass is 1020 g/mol. The van der Waals surface area contributed by atoms with E-state index in [0.717, 1.165) is 83.5 Å². The van der Waals surface area contributed by atoms with Gasteiger partial charge in [-0.15, -0.1) is 0 Å². The maximum atomic E-state index is 13.5. The van der Waals surface area contributed by atoms with Crippen LogP contribution in [0.2, 0.25) is 0 Å². The second-order valence-corrected chi connectivity index (χ2v) is 23.3. The minimum absolute atomic E-state index is 0.0223. The number of esters is 1. The van der Waals surface area contributed by atoms with Crippen LogP contribution in [0.1, 0.15) is 290 Å². The number of phosphoric acid groups is 1. The van der Waals surface area contributed by atoms with Crippen molar-refractivity contribution in [2.75, 3.05) is 40.9 Å². The van der Waals surface area contributed by atoms with Crippen LogP contribution in [-0.4, -0.2) is 69.4 Å². The number of rotatable bonds is 55. The second-order valence-electron chi connectivity index (χ2n) is 21.8. The normalized spacial score (nSPS) is 14.0. The van der Waals surface area contributed by atoms with Crippen molar-refractivity contribution in [1.82, 2.24) is 5.32 Å². The zero-order valence-electron chi connectivity index (χ0n) is 47.7. The number of carbonyl (C=O) groups is 2. The minimum atomic E-state index is -4.69. The van der Waals surface area contributed by atoms with E-state index in [9.17, 15) is 19.0 Å². The molecule has 0 aliphatic rings. The van der Waals surface area contributed by atoms with Crippen molar-refractivity contribution in [2.45, 2.75) is 303 Å². The van der Waals surface area contributed by atoms with E-state index in [4.69, 9.17) is 13.8 Å². The van der Waals surface area contributed by atoms with Crippen molar-refractivity contribution >= 4 is 19.7 Å². The number of hydrogen-bond donors (Lipinski definition) is 1. The van der Waals surface area contributed by atoms with Crippen molar-refractivity contribution in [3.63, 3.8) is 0 Å². The van der Waals surface area contributed by atoms with Crippen LogP contribution in [0.25, 0.3) is 0 Å². The number of carbonyl (C=O) groups excluding carboxylic acids is 2. The molecule has 10 heteroatoms. The van der Waals surface area contributed by atoms with E-state index in [1.807, 2.05) is 33.3 Å². The Bertz CT molecular complexity index is 1310. The Hall–Kier alpha value is -1.77. The van der Waals surface area contributed by atoms with Crippen LogP contribution in [0.15, 0.2) is 36.5 Å². The molecule has 0 aliphatic carbocycles. The van der Waals surface area contributed by atoms with Gasteiger partial charge in [0.1, 0.15) is 19.3 Å². The summed E-state index contributed by atoms with van der Waals surface area (Å²) >= 11 is 0. The fraction of sp³-hybridized carbons (Fsp3) is 0.869. The van der Waals surface area contributed by atoms with E-state index in [0.29, 0.717) is 17.4 Å². The van der Waals surface area contributed by atoms with E-state index < -0.39 is 20.0 Å². The molecule has 0 bridgehead atoms. The number of ether oxygens (including phenoxy) is 1. The highest BCUT2D eigenvalue weighted by molar-refractivity contribution is 7.45. The molecular weight excluding hydrogens is 904 g/mol. The van der Waals surface area contributed by atoms with Crippen LogP contribution in [0.5, 0.6) is 0 Å². The summed E-state index contributed by atoms with van der Waals surface area (Å²) in [6.45, 7) is 6.84. The average Bonchev–Trinajstić information content (AvgIpc) is 3.33. The fourth-order valence-corrected chi connectivity index (χ4v) is 9.53. The number of amides is 1. The highest BCUT2D eigenvalue weighted by atomic mass is 31.2. The summed E-state index contributed by atoms with van der Waals surface area (Å²) < 4.78 is 30.3. The van der Waals surface area contributed by atoms with Crippen LogP contribution >= 0.6 is 7.82 Å². The molecule has 0 aromatic carbocycles. The van der Waals surface area contributed by atoms with E-state index in [-0.39, 0.29) is 31.5 Å². The Morgan fingerprint density at radius 2 is 0.817 bits per heavy atom. The lowest BCUT2D eigenvalue weighted by Crippen LogP contribution is -2.47. The standard InChI is InChI=1S/C61H117N2O7P/c1-7-10-13-16-19-22-25-28-30-31-33-36-39-42-45-48-51-54-61(65)70-59(52-49-46-43-40-37-34-27-24-21-18-15-12-9-3)58(57-69-71(66,67)68-56-55-63(4,5)6)62-60(64)53-50-47-44-41-38-35-32-29-26-23-20-17-14-11-8-2/h23,26,28,30,49,52,58-59H,7-22,24-25,27,29,31-48,50-51,53-57H2,1-6H3,(H-,62,64,66,67)/b26-23-,30-28+,52-49+. The first kappa shape index (κ1) is 69.2. The smallest absolute Gasteiger partial charge is 0.306 e. The molecule has 0 aliphatic heterocycles. The summed E-state index contributed by atoms with van der Waals surface area (Å²) in [5, 5.41) is 3.03. The molecule has 0 aromatic rings. The number of hydrogen-bond acceptors (Lipinski definition) is 7. The molecule has 71 heavy (non-hydrogen) atoms. The van der Waals surface area contributed by atoms with Gasteiger partial charge < -0.3 is 28.5 Å². The predicted molar refractivity (Wildman–Crippen MR) is 303 cm³/mol. The van der Waals surface area contributed by atoms with Gasteiger partial charge in [0, 0.05) is 12.8 Å². The average molecular weight is 1020 g/mol. The number of allylic oxidation sites excluding steroid dienone is 5. The van der Waals surface area contributed by atoms with Gasteiger partial charge in [0.15, 0.2) is 0 Å². The van der Waals surface area contributed by atoms with E-state index in [2.05, 4.69) is 50.4 Å². The van der Waals surface area contributed by atoms with Gasteiger partial charge in [-0.25, -0.2) is 0 Å². The highest BCUT2D eigenvalue weighted by Gasteiger charge is 2.27. The lowest BCUT2D eigenvalue weighted by atomic mass is 10.0. The molecule has 0 aromatic heterocycles. The first-order valence-electron chi connectivity index (χ1n) is 30.3. The molecule has 1 N–H and O–H groups in total. The first-order chi connectivity index (χ1) is 34.4. The Labute approximate surface area is 440 Å². The maximum absolute atomic E-state index is 13.5. The zero-order valence-corrected chi connectivity index (χ0v) is 48.6. The van der Waals surface area contributed by atoms with Crippen LogP contribution in [0.4, 0.5) is 0 Å². The Morgan fingerprint density at radius 3 is 1.21 bits per heavy atom. The van der Waals surface area contributed by atoms with Gasteiger partial charge in [0.05, 0.1) is 33.8 Å². The number of quaternary nitrogens is 1. The summed E-state index contributed by atoms with van der Waals surface area (Å²) in [6.07, 6.45) is 61.0. The predicted octanol–water partition coefficient (Wildman–Crippen LogP) is 17.7. The van der Waals surface area contributed by atoms with Crippen molar-refractivity contribution in [2.24, 2.45) is 0 Å². The molecule has 1 amide bonds. The minimum Gasteiger partial charge on any atom is -0.756 e. The Morgan fingerprint density at radius 1 is 0.479 bits per heavy atom. The molecule has 0 spiro atoms. The number of nitrogens with one attached hydrogen (secondary N) is 1. The van der Waals surface area contributed by atoms with Crippen molar-refractivity contribution in [3.05, 3.63) is 36.5 Å². The molecular formula is C61H117N2O7P. The largest absolute Gasteiger partial charge is 0.756 e. The Balaban J connectivity index is 5.32. The summed E-state index contributed by atoms with van der Waals surface area (Å²) in [7, 11) is 1.19. The first-order valence-corrected chi connectivity index (χ1v) is 31.8. The molecule has 0 radical (unpaired) electrons. The zero-order chi connectivity index (χ0) is 52.2. The summed E-state index contributed by atoms with van der Waals surface area (Å²) in [4.78, 5) is 39.9. The summed E-state index contributed by atoms with van der Waals surface area (Å²) in [5.41, 5.74) is 0. The van der Waals surface area contributed by atoms with Crippen molar-refractivity contribution < 1.29 is 37.3 Å². The van der Waals surface area contributed by atoms with Crippen LogP contribution in [0, 0.1) is 0 Å². The summed E-state index contributed by atoms with van der Waals surface area (Å²) in [5.74, 6) is -0.542. The molecule has 0 heterocycles. The third kappa shape index (κ3) is 52.9. The third-order valence-electron chi connectivity index (χ3n) is 13.5. The van der Waals surface area contributed by atoms with Crippen LogP contribution in [-0.2, 0) is 27.9 Å². The van der Waals surface area contributed by atoms with Gasteiger partial charge in [0.2, 0.25) is 5.91 Å². The van der Waals surface area contributed by atoms with E-state index in [1.165, 1.54) is 173 Å². The molecule has 0 fully saturated rings. The van der Waals surface area contributed by atoms with Gasteiger partial charge in [-0.2, -0.15) is 0 Å². The lowest BCUT2D eigenvalue weighted by molar-refractivity contribution is -0.870. The van der Waals surface area contributed by atoms with Gasteiger partial charge >= 0.3 is 5.97 Å². The quantitative estimate of drug-likeness (QED) is 0.0212. The van der Waals surface area contributed by atoms with Gasteiger partial charge in [-0.05, 0) is 83.1 Å². The van der Waals surface area contributed by atoms with Gasteiger partial charge in [-0.1, -0.05) is 231 Å². The molecule has 0 saturated carbocycles. The van der Waals surface area contributed by atoms with Crippen molar-refractivity contribution in [1.29, 1.82) is 0 Å². The second kappa shape index (κ2) is 51.7. The maximum Gasteiger partial charge on any atom is 0.306 e. The molecule has 3 unspecified atom stereocenters.